The third kappa shape index (κ3) is 4.96. The molecule has 3 nitrogen and oxygen atoms in total. The molecule has 2 rings (SSSR count). The zero-order valence-electron chi connectivity index (χ0n) is 14.5. The average molecular weight is 321 g/mol. The van der Waals surface area contributed by atoms with Crippen LogP contribution in [0.3, 0.4) is 0 Å². The summed E-state index contributed by atoms with van der Waals surface area (Å²) in [5.74, 6) is 0. The van der Waals surface area contributed by atoms with Crippen LogP contribution in [0.5, 0.6) is 0 Å². The standard InChI is InChI=1S/C18H29N3S/c1-6-13-7-9-14(10-8-13)19-16(22)20-15-11-17(2,3)21-18(4,5)12-15/h7-10,15,21H,6,11-12H2,1-5H3,(H2,19,20,22)/p+1. The summed E-state index contributed by atoms with van der Waals surface area (Å²) in [7, 11) is 0. The molecule has 0 atom stereocenters. The lowest BCUT2D eigenvalue weighted by Crippen LogP contribution is -3.06. The second kappa shape index (κ2) is 6.55. The minimum absolute atomic E-state index is 0.248. The number of piperidine rings is 1. The number of thiocarbonyl (C=S) groups is 1. The number of hydrogen-bond donors (Lipinski definition) is 3. The highest BCUT2D eigenvalue weighted by molar-refractivity contribution is 7.80. The van der Waals surface area contributed by atoms with Crippen LogP contribution in [0.4, 0.5) is 5.69 Å². The molecule has 0 bridgehead atoms. The third-order valence-corrected chi connectivity index (χ3v) is 4.50. The summed E-state index contributed by atoms with van der Waals surface area (Å²) in [5, 5.41) is 10.0. The number of benzene rings is 1. The maximum Gasteiger partial charge on any atom is 0.171 e. The molecule has 1 aromatic carbocycles. The van der Waals surface area contributed by atoms with Crippen molar-refractivity contribution in [3.8, 4) is 0 Å². The maximum atomic E-state index is 5.50. The van der Waals surface area contributed by atoms with Gasteiger partial charge in [-0.3, -0.25) is 0 Å². The van der Waals surface area contributed by atoms with Crippen LogP contribution in [0.1, 0.15) is 53.0 Å². The normalized spacial score (nSPS) is 20.4. The molecule has 1 saturated heterocycles. The summed E-state index contributed by atoms with van der Waals surface area (Å²) in [6, 6.07) is 8.90. The van der Waals surface area contributed by atoms with E-state index in [0.717, 1.165) is 30.1 Å². The van der Waals surface area contributed by atoms with Crippen molar-refractivity contribution in [3.63, 3.8) is 0 Å². The maximum absolute atomic E-state index is 5.50. The smallest absolute Gasteiger partial charge is 0.171 e. The van der Waals surface area contributed by atoms with Gasteiger partial charge in [0.05, 0.1) is 11.1 Å². The highest BCUT2D eigenvalue weighted by atomic mass is 32.1. The van der Waals surface area contributed by atoms with Gasteiger partial charge >= 0.3 is 0 Å². The summed E-state index contributed by atoms with van der Waals surface area (Å²) in [4.78, 5) is 0. The molecule has 0 saturated carbocycles. The Labute approximate surface area is 140 Å². The number of hydrogen-bond acceptors (Lipinski definition) is 1. The van der Waals surface area contributed by atoms with E-state index in [2.05, 4.69) is 74.8 Å². The molecule has 1 aliphatic heterocycles. The van der Waals surface area contributed by atoms with E-state index in [1.54, 1.807) is 0 Å². The summed E-state index contributed by atoms with van der Waals surface area (Å²) >= 11 is 5.50. The van der Waals surface area contributed by atoms with Crippen molar-refractivity contribution in [3.05, 3.63) is 29.8 Å². The average Bonchev–Trinajstić information content (AvgIpc) is 2.35. The zero-order chi connectivity index (χ0) is 16.4. The first-order valence-electron chi connectivity index (χ1n) is 8.23. The molecule has 4 N–H and O–H groups in total. The van der Waals surface area contributed by atoms with E-state index in [4.69, 9.17) is 12.2 Å². The number of nitrogens with two attached hydrogens (primary N) is 1. The van der Waals surface area contributed by atoms with Crippen LogP contribution >= 0.6 is 12.2 Å². The Hall–Kier alpha value is -1.13. The van der Waals surface area contributed by atoms with Gasteiger partial charge in [-0.1, -0.05) is 19.1 Å². The quantitative estimate of drug-likeness (QED) is 0.750. The van der Waals surface area contributed by atoms with Gasteiger partial charge in [0.1, 0.15) is 0 Å². The number of anilines is 1. The van der Waals surface area contributed by atoms with Gasteiger partial charge in [0.25, 0.3) is 0 Å². The Morgan fingerprint density at radius 3 is 2.18 bits per heavy atom. The van der Waals surface area contributed by atoms with Crippen LogP contribution < -0.4 is 16.0 Å². The fraction of sp³-hybridized carbons (Fsp3) is 0.611. The Bertz CT molecular complexity index is 504. The van der Waals surface area contributed by atoms with Crippen LogP contribution in [0.15, 0.2) is 24.3 Å². The Morgan fingerprint density at radius 1 is 1.14 bits per heavy atom. The third-order valence-electron chi connectivity index (χ3n) is 4.28. The first-order valence-corrected chi connectivity index (χ1v) is 8.63. The van der Waals surface area contributed by atoms with E-state index in [1.165, 1.54) is 5.56 Å². The largest absolute Gasteiger partial charge is 0.359 e. The number of rotatable bonds is 3. The minimum atomic E-state index is 0.248. The molecule has 1 aromatic rings. The molecule has 22 heavy (non-hydrogen) atoms. The highest BCUT2D eigenvalue weighted by Gasteiger charge is 2.41. The number of quaternary nitrogens is 1. The first kappa shape index (κ1) is 17.2. The van der Waals surface area contributed by atoms with Gasteiger partial charge in [0.2, 0.25) is 0 Å². The first-order chi connectivity index (χ1) is 10.2. The fourth-order valence-corrected chi connectivity index (χ4v) is 4.08. The van der Waals surface area contributed by atoms with E-state index in [1.807, 2.05) is 0 Å². The van der Waals surface area contributed by atoms with Crippen molar-refractivity contribution in [1.82, 2.24) is 5.32 Å². The highest BCUT2D eigenvalue weighted by Crippen LogP contribution is 2.22. The molecule has 1 fully saturated rings. The minimum Gasteiger partial charge on any atom is -0.359 e. The van der Waals surface area contributed by atoms with Gasteiger partial charge in [-0.2, -0.15) is 0 Å². The Balaban J connectivity index is 1.93. The summed E-state index contributed by atoms with van der Waals surface area (Å²) in [6.07, 6.45) is 3.30. The summed E-state index contributed by atoms with van der Waals surface area (Å²) in [6.45, 7) is 11.4. The predicted molar refractivity (Wildman–Crippen MR) is 98.3 cm³/mol. The lowest BCUT2D eigenvalue weighted by atomic mass is 9.80. The van der Waals surface area contributed by atoms with Crippen LogP contribution in [0, 0.1) is 0 Å². The predicted octanol–water partition coefficient (Wildman–Crippen LogP) is 2.82. The van der Waals surface area contributed by atoms with Crippen molar-refractivity contribution in [2.75, 3.05) is 5.32 Å². The second-order valence-electron chi connectivity index (χ2n) is 7.88. The molecule has 4 heteroatoms. The lowest BCUT2D eigenvalue weighted by Gasteiger charge is -2.43. The molecule has 0 amide bonds. The summed E-state index contributed by atoms with van der Waals surface area (Å²) in [5.41, 5.74) is 2.89. The van der Waals surface area contributed by atoms with Gasteiger partial charge in [-0.05, 0) is 64.0 Å². The van der Waals surface area contributed by atoms with Gasteiger partial charge < -0.3 is 16.0 Å². The van der Waals surface area contributed by atoms with Crippen molar-refractivity contribution >= 4 is 23.0 Å². The molecule has 0 unspecified atom stereocenters. The van der Waals surface area contributed by atoms with Crippen LogP contribution in [0.2, 0.25) is 0 Å². The van der Waals surface area contributed by atoms with Crippen molar-refractivity contribution in [1.29, 1.82) is 0 Å². The van der Waals surface area contributed by atoms with Gasteiger partial charge in [0, 0.05) is 24.6 Å². The molecule has 1 aliphatic rings. The molecular weight excluding hydrogens is 290 g/mol. The molecule has 1 heterocycles. The van der Waals surface area contributed by atoms with Crippen LogP contribution in [-0.4, -0.2) is 22.2 Å². The van der Waals surface area contributed by atoms with Gasteiger partial charge in [-0.25, -0.2) is 0 Å². The number of nitrogens with one attached hydrogen (secondary N) is 2. The zero-order valence-corrected chi connectivity index (χ0v) is 15.3. The lowest BCUT2D eigenvalue weighted by molar-refractivity contribution is -0.787. The molecule has 122 valence electrons. The van der Waals surface area contributed by atoms with E-state index >= 15 is 0 Å². The van der Waals surface area contributed by atoms with Crippen molar-refractivity contribution in [2.45, 2.75) is 71.0 Å². The molecule has 0 spiro atoms. The van der Waals surface area contributed by atoms with Crippen molar-refractivity contribution < 1.29 is 5.32 Å². The Kier molecular flexibility index (Phi) is 5.13. The monoisotopic (exact) mass is 320 g/mol. The fourth-order valence-electron chi connectivity index (χ4n) is 3.80. The topological polar surface area (TPSA) is 40.7 Å². The van der Waals surface area contributed by atoms with E-state index in [0.29, 0.717) is 6.04 Å². The second-order valence-corrected chi connectivity index (χ2v) is 8.28. The molecular formula is C18H30N3S+. The number of aryl methyl sites for hydroxylation is 1. The Morgan fingerprint density at radius 2 is 1.68 bits per heavy atom. The van der Waals surface area contributed by atoms with Crippen molar-refractivity contribution in [2.24, 2.45) is 0 Å². The van der Waals surface area contributed by atoms with E-state index in [-0.39, 0.29) is 11.1 Å². The van der Waals surface area contributed by atoms with Crippen LogP contribution in [0.25, 0.3) is 0 Å². The van der Waals surface area contributed by atoms with E-state index < -0.39 is 0 Å². The van der Waals surface area contributed by atoms with E-state index in [9.17, 15) is 0 Å². The summed E-state index contributed by atoms with van der Waals surface area (Å²) < 4.78 is 0. The SMILES string of the molecule is CCc1ccc(NC(=S)NC2CC(C)(C)[NH2+]C(C)(C)C2)cc1. The molecule has 0 radical (unpaired) electrons. The molecule has 0 aliphatic carbocycles. The van der Waals surface area contributed by atoms with Gasteiger partial charge in [0.15, 0.2) is 5.11 Å². The van der Waals surface area contributed by atoms with Gasteiger partial charge in [-0.15, -0.1) is 0 Å². The molecule has 0 aromatic heterocycles. The van der Waals surface area contributed by atoms with Crippen LogP contribution in [-0.2, 0) is 6.42 Å².